The second-order valence-corrected chi connectivity index (χ2v) is 3.08. The van der Waals surface area contributed by atoms with Crippen molar-refractivity contribution in [3.63, 3.8) is 0 Å². The third-order valence-electron chi connectivity index (χ3n) is 2.04. The van der Waals surface area contributed by atoms with Crippen LogP contribution in [0.1, 0.15) is 17.4 Å². The number of nitrogens with one attached hydrogen (secondary N) is 1. The number of tetrazole rings is 1. The van der Waals surface area contributed by atoms with Gasteiger partial charge in [0, 0.05) is 6.54 Å². The molecule has 2 aromatic rings. The summed E-state index contributed by atoms with van der Waals surface area (Å²) in [7, 11) is 0. The van der Waals surface area contributed by atoms with Gasteiger partial charge in [0.2, 0.25) is 0 Å². The van der Waals surface area contributed by atoms with E-state index >= 15 is 0 Å². The van der Waals surface area contributed by atoms with Crippen molar-refractivity contribution in [2.45, 2.75) is 6.92 Å². The van der Waals surface area contributed by atoms with Gasteiger partial charge < -0.3 is 5.73 Å². The van der Waals surface area contributed by atoms with Gasteiger partial charge in [-0.05, 0) is 12.1 Å². The van der Waals surface area contributed by atoms with Crippen LogP contribution in [0.5, 0.6) is 0 Å². The van der Waals surface area contributed by atoms with Gasteiger partial charge in [0.05, 0.1) is 12.4 Å². The minimum atomic E-state index is -0.636. The second-order valence-electron chi connectivity index (χ2n) is 3.08. The molecular weight excluding hydrogens is 224 g/mol. The number of hydrogen-bond donors (Lipinski definition) is 2. The zero-order chi connectivity index (χ0) is 12.3. The number of aromatic amines is 1. The molecule has 0 atom stereocenters. The summed E-state index contributed by atoms with van der Waals surface area (Å²) in [6.45, 7) is 2.44. The molecule has 1 amide bonds. The molecule has 0 radical (unpaired) electrons. The fourth-order valence-electron chi connectivity index (χ4n) is 1.28. The molecule has 0 aliphatic heterocycles. The number of H-pyrrole nitrogens is 1. The minimum Gasteiger partial charge on any atom is -0.364 e. The molecule has 0 bridgehead atoms. The topological polar surface area (TPSA) is 127 Å². The van der Waals surface area contributed by atoms with Crippen molar-refractivity contribution in [2.75, 3.05) is 11.4 Å². The maximum absolute atomic E-state index is 11.0. The lowest BCUT2D eigenvalue weighted by molar-refractivity contribution is 0.0995. The summed E-state index contributed by atoms with van der Waals surface area (Å²) < 4.78 is 0. The lowest BCUT2D eigenvalue weighted by Gasteiger charge is -2.16. The fourth-order valence-corrected chi connectivity index (χ4v) is 1.28. The summed E-state index contributed by atoms with van der Waals surface area (Å²) in [5.41, 5.74) is 5.22. The molecule has 0 saturated heterocycles. The van der Waals surface area contributed by atoms with Gasteiger partial charge in [-0.3, -0.25) is 14.7 Å². The molecule has 2 aromatic heterocycles. The molecule has 2 rings (SSSR count). The number of nitrogens with zero attached hydrogens (tertiary/aromatic N) is 6. The normalized spacial score (nSPS) is 10.2. The highest BCUT2D eigenvalue weighted by Gasteiger charge is 2.14. The number of rotatable bonds is 4. The van der Waals surface area contributed by atoms with Crippen molar-refractivity contribution >= 4 is 17.7 Å². The number of hydrogen-bond acceptors (Lipinski definition) is 7. The molecule has 0 spiro atoms. The SMILES string of the molecule is CCN(c1cncc(C(N)=O)n1)c1nn[nH]n1. The standard InChI is InChI=1S/C8H10N8O/c1-2-16(8-12-14-15-13-8)6-4-10-3-5(11-6)7(9)17/h3-4H,2H2,1H3,(H2,9,17)(H,12,13,14,15). The zero-order valence-corrected chi connectivity index (χ0v) is 9.03. The van der Waals surface area contributed by atoms with Crippen LogP contribution in [0, 0.1) is 0 Å². The summed E-state index contributed by atoms with van der Waals surface area (Å²) in [6, 6.07) is 0. The van der Waals surface area contributed by atoms with Gasteiger partial charge in [-0.25, -0.2) is 4.98 Å². The van der Waals surface area contributed by atoms with Crippen LogP contribution in [0.3, 0.4) is 0 Å². The largest absolute Gasteiger partial charge is 0.364 e. The summed E-state index contributed by atoms with van der Waals surface area (Å²) in [5, 5.41) is 13.5. The van der Waals surface area contributed by atoms with E-state index in [1.165, 1.54) is 12.4 Å². The van der Waals surface area contributed by atoms with Gasteiger partial charge in [-0.2, -0.15) is 5.21 Å². The maximum Gasteiger partial charge on any atom is 0.271 e. The van der Waals surface area contributed by atoms with E-state index in [2.05, 4.69) is 30.6 Å². The molecule has 0 aliphatic carbocycles. The fraction of sp³-hybridized carbons (Fsp3) is 0.250. The summed E-state index contributed by atoms with van der Waals surface area (Å²) >= 11 is 0. The average Bonchev–Trinajstić information content (AvgIpc) is 2.84. The molecule has 88 valence electrons. The van der Waals surface area contributed by atoms with Crippen molar-refractivity contribution in [3.05, 3.63) is 18.1 Å². The Morgan fingerprint density at radius 2 is 2.35 bits per heavy atom. The van der Waals surface area contributed by atoms with E-state index in [4.69, 9.17) is 5.73 Å². The number of amides is 1. The molecule has 3 N–H and O–H groups in total. The predicted octanol–water partition coefficient (Wildman–Crippen LogP) is -0.753. The Labute approximate surface area is 96.1 Å². The summed E-state index contributed by atoms with van der Waals surface area (Å²) in [6.07, 6.45) is 2.79. The molecule has 0 saturated carbocycles. The van der Waals surface area contributed by atoms with Gasteiger partial charge in [-0.15, -0.1) is 5.10 Å². The van der Waals surface area contributed by atoms with Gasteiger partial charge in [-0.1, -0.05) is 5.10 Å². The highest BCUT2D eigenvalue weighted by molar-refractivity contribution is 5.90. The third-order valence-corrected chi connectivity index (χ3v) is 2.04. The summed E-state index contributed by atoms with van der Waals surface area (Å²) in [5.74, 6) is 0.150. The van der Waals surface area contributed by atoms with Gasteiger partial charge in [0.25, 0.3) is 11.9 Å². The number of carbonyl (C=O) groups is 1. The van der Waals surface area contributed by atoms with Crippen molar-refractivity contribution in [3.8, 4) is 0 Å². The van der Waals surface area contributed by atoms with E-state index in [0.717, 1.165) is 0 Å². The van der Waals surface area contributed by atoms with Crippen LogP contribution >= 0.6 is 0 Å². The first-order valence-electron chi connectivity index (χ1n) is 4.85. The highest BCUT2D eigenvalue weighted by Crippen LogP contribution is 2.16. The van der Waals surface area contributed by atoms with E-state index in [1.54, 1.807) is 4.90 Å². The third kappa shape index (κ3) is 2.17. The molecule has 0 unspecified atom stereocenters. The number of primary amides is 1. The maximum atomic E-state index is 11.0. The molecule has 17 heavy (non-hydrogen) atoms. The van der Waals surface area contributed by atoms with E-state index in [1.807, 2.05) is 6.92 Å². The van der Waals surface area contributed by atoms with Gasteiger partial charge in [0.1, 0.15) is 5.69 Å². The quantitative estimate of drug-likeness (QED) is 0.712. The van der Waals surface area contributed by atoms with Crippen LogP contribution in [0.2, 0.25) is 0 Å². The Hall–Kier alpha value is -2.58. The van der Waals surface area contributed by atoms with E-state index in [9.17, 15) is 4.79 Å². The summed E-state index contributed by atoms with van der Waals surface area (Å²) in [4.78, 5) is 20.6. The lowest BCUT2D eigenvalue weighted by Crippen LogP contribution is -2.21. The van der Waals surface area contributed by atoms with Gasteiger partial charge in [0.15, 0.2) is 5.82 Å². The highest BCUT2D eigenvalue weighted by atomic mass is 16.1. The Morgan fingerprint density at radius 3 is 2.94 bits per heavy atom. The zero-order valence-electron chi connectivity index (χ0n) is 9.03. The van der Waals surface area contributed by atoms with E-state index < -0.39 is 5.91 Å². The average molecular weight is 234 g/mol. The van der Waals surface area contributed by atoms with Crippen molar-refractivity contribution < 1.29 is 4.79 Å². The smallest absolute Gasteiger partial charge is 0.271 e. The van der Waals surface area contributed by atoms with Gasteiger partial charge >= 0.3 is 0 Å². The van der Waals surface area contributed by atoms with E-state index in [-0.39, 0.29) is 5.69 Å². The first-order chi connectivity index (χ1) is 8.22. The van der Waals surface area contributed by atoms with Crippen molar-refractivity contribution in [1.82, 2.24) is 30.6 Å². The molecule has 9 heteroatoms. The Bertz CT molecular complexity index is 510. The first-order valence-corrected chi connectivity index (χ1v) is 4.85. The van der Waals surface area contributed by atoms with E-state index in [0.29, 0.717) is 18.3 Å². The number of anilines is 2. The second kappa shape index (κ2) is 4.51. The van der Waals surface area contributed by atoms with Crippen LogP contribution in [-0.2, 0) is 0 Å². The minimum absolute atomic E-state index is 0.0874. The van der Waals surface area contributed by atoms with Crippen molar-refractivity contribution in [1.29, 1.82) is 0 Å². The molecule has 9 nitrogen and oxygen atoms in total. The van der Waals surface area contributed by atoms with Crippen LogP contribution in [-0.4, -0.2) is 43.0 Å². The Morgan fingerprint density at radius 1 is 1.53 bits per heavy atom. The molecule has 0 aliphatic rings. The monoisotopic (exact) mass is 234 g/mol. The molecular formula is C8H10N8O. The molecule has 0 fully saturated rings. The van der Waals surface area contributed by atoms with Crippen LogP contribution < -0.4 is 10.6 Å². The Kier molecular flexibility index (Phi) is 2.90. The lowest BCUT2D eigenvalue weighted by atomic mass is 10.4. The number of carbonyl (C=O) groups excluding carboxylic acids is 1. The Balaban J connectivity index is 2.38. The molecule has 0 aromatic carbocycles. The van der Waals surface area contributed by atoms with Crippen LogP contribution in [0.4, 0.5) is 11.8 Å². The molecule has 2 heterocycles. The first kappa shape index (κ1) is 10.9. The number of nitrogens with two attached hydrogens (primary N) is 1. The van der Waals surface area contributed by atoms with Crippen LogP contribution in [0.15, 0.2) is 12.4 Å². The van der Waals surface area contributed by atoms with Crippen molar-refractivity contribution in [2.24, 2.45) is 5.73 Å². The van der Waals surface area contributed by atoms with Crippen LogP contribution in [0.25, 0.3) is 0 Å². The number of aromatic nitrogens is 6. The predicted molar refractivity (Wildman–Crippen MR) is 57.4 cm³/mol.